The highest BCUT2D eigenvalue weighted by molar-refractivity contribution is 5.70. The van der Waals surface area contributed by atoms with Gasteiger partial charge in [-0.3, -0.25) is 4.79 Å². The molecule has 0 fully saturated rings. The van der Waals surface area contributed by atoms with Crippen LogP contribution in [0.3, 0.4) is 0 Å². The molecule has 2 heterocycles. The number of carbonyl (C=O) groups is 1. The average molecular weight is 1970 g/mol. The van der Waals surface area contributed by atoms with E-state index in [4.69, 9.17) is 14.2 Å². The van der Waals surface area contributed by atoms with Gasteiger partial charge in [-0.25, -0.2) is 0 Å². The van der Waals surface area contributed by atoms with Crippen LogP contribution in [0.5, 0.6) is 74.7 Å². The van der Waals surface area contributed by atoms with E-state index in [-0.39, 0.29) is 52.1 Å². The zero-order chi connectivity index (χ0) is 107. The molecule has 2 atom stereocenters. The van der Waals surface area contributed by atoms with E-state index < -0.39 is 11.2 Å². The molecule has 0 spiro atoms. The van der Waals surface area contributed by atoms with Crippen molar-refractivity contribution in [1.29, 1.82) is 0 Å². The van der Waals surface area contributed by atoms with Crippen LogP contribution < -0.4 is 9.47 Å². The van der Waals surface area contributed by atoms with Crippen LogP contribution in [0.2, 0.25) is 0 Å². The van der Waals surface area contributed by atoms with Gasteiger partial charge in [0.1, 0.15) is 85.9 Å². The Hall–Kier alpha value is -11.7. The molecule has 0 amide bonds. The molecule has 0 aromatic heterocycles. The minimum Gasteiger partial charge on any atom is -0.508 e. The molecular formula is C129H176O15. The summed E-state index contributed by atoms with van der Waals surface area (Å²) < 4.78 is 18.2. The summed E-state index contributed by atoms with van der Waals surface area (Å²) in [4.78, 5) is 11.9. The Bertz CT molecular complexity index is 5780. The highest BCUT2D eigenvalue weighted by Crippen LogP contribution is 2.55. The van der Waals surface area contributed by atoms with Crippen LogP contribution >= 0.6 is 0 Å². The summed E-state index contributed by atoms with van der Waals surface area (Å²) in [5, 5.41) is 113. The van der Waals surface area contributed by atoms with Crippen LogP contribution in [-0.2, 0) is 38.0 Å². The zero-order valence-electron chi connectivity index (χ0n) is 93.5. The van der Waals surface area contributed by atoms with E-state index in [0.29, 0.717) is 83.4 Å². The van der Waals surface area contributed by atoms with Crippen molar-refractivity contribution >= 4 is 5.97 Å². The second-order valence-corrected chi connectivity index (χ2v) is 44.7. The Labute approximate surface area is 864 Å². The number of hydrogen-bond donors (Lipinski definition) is 11. The largest absolute Gasteiger partial charge is 0.508 e. The topological polar surface area (TPSA) is 267 Å². The summed E-state index contributed by atoms with van der Waals surface area (Å²) in [6, 6.07) is 43.0. The molecule has 2 aliphatic heterocycles. The fourth-order valence-corrected chi connectivity index (χ4v) is 21.3. The lowest BCUT2D eigenvalue weighted by Gasteiger charge is -2.45. The molecule has 0 radical (unpaired) electrons. The molecule has 0 bridgehead atoms. The number of aryl methyl sites for hydroxylation is 19. The zero-order valence-corrected chi connectivity index (χ0v) is 93.5. The standard InChI is InChI=1S/C29H50O3.C22H30O2.2C21H26O3.2C18H22O2/c1-4-5-6-7-8-9-10-11-12-13-14-15-16-17-18-19-22-32-28(30)21-20-27-23-25(2)29(31)26(3)24-27;1-12(2)17-8-14(5)10-19(21(17)23)16(7)20-11-15(6)9-18(13(3)4)22(20)24;1-12-7-15(18(23)8-13(12)2)21(6)11-20(4,5)16-10-17(22)14(3)9-19(16)24-21;1-12-7-13(2)17(22)9-15(12)21(6)11-20(4,5)16-10-18(23)14(3)8-19(16)24-21;2*1-10-6-12(3)17(19)15(8-10)14(5)16-9-11(2)7-13(4)18(16)20/h23-24,31H,4-22H2,1-3H3;8-13,16,23-24H,1-7H3;2*7-10,22-23H,11H2,1-6H3;2*6-9,14,19-20H,1-5H3. The first-order valence-corrected chi connectivity index (χ1v) is 52.9. The number of phenols is 11. The van der Waals surface area contributed by atoms with E-state index >= 15 is 0 Å². The second kappa shape index (κ2) is 51.4. The Morgan fingerprint density at radius 2 is 0.556 bits per heavy atom. The number of ether oxygens (including phenoxy) is 3. The van der Waals surface area contributed by atoms with Crippen molar-refractivity contribution < 1.29 is 75.2 Å². The van der Waals surface area contributed by atoms with Crippen LogP contribution in [0.4, 0.5) is 0 Å². The van der Waals surface area contributed by atoms with Crippen molar-refractivity contribution in [2.45, 2.75) is 402 Å². The fourth-order valence-electron chi connectivity index (χ4n) is 21.3. The Morgan fingerprint density at radius 1 is 0.278 bits per heavy atom. The van der Waals surface area contributed by atoms with E-state index in [1.165, 1.54) is 89.9 Å². The van der Waals surface area contributed by atoms with Crippen LogP contribution in [0.15, 0.2) is 133 Å². The number of rotatable bonds is 30. The predicted molar refractivity (Wildman–Crippen MR) is 595 cm³/mol. The lowest BCUT2D eigenvalue weighted by atomic mass is 9.70. The smallest absolute Gasteiger partial charge is 0.306 e. The lowest BCUT2D eigenvalue weighted by molar-refractivity contribution is -0.143. The van der Waals surface area contributed by atoms with Gasteiger partial charge in [-0.1, -0.05) is 304 Å². The Kier molecular flexibility index (Phi) is 41.9. The van der Waals surface area contributed by atoms with Crippen LogP contribution in [-0.4, -0.2) is 68.7 Å². The van der Waals surface area contributed by atoms with Gasteiger partial charge in [0.2, 0.25) is 0 Å². The van der Waals surface area contributed by atoms with Crippen molar-refractivity contribution in [1.82, 2.24) is 0 Å². The molecule has 11 aromatic rings. The molecule has 782 valence electrons. The average Bonchev–Trinajstić information content (AvgIpc) is 0.737. The number of aromatic hydroxyl groups is 11. The van der Waals surface area contributed by atoms with Gasteiger partial charge in [-0.2, -0.15) is 0 Å². The first kappa shape index (κ1) is 118. The molecule has 0 saturated carbocycles. The van der Waals surface area contributed by atoms with Gasteiger partial charge >= 0.3 is 5.97 Å². The van der Waals surface area contributed by atoms with Gasteiger partial charge in [0, 0.05) is 92.7 Å². The van der Waals surface area contributed by atoms with Crippen LogP contribution in [0.1, 0.15) is 421 Å². The maximum Gasteiger partial charge on any atom is 0.306 e. The van der Waals surface area contributed by atoms with Gasteiger partial charge in [0.25, 0.3) is 0 Å². The number of phenolic OH excluding ortho intramolecular Hbond substituents is 11. The van der Waals surface area contributed by atoms with Gasteiger partial charge in [-0.15, -0.1) is 0 Å². The lowest BCUT2D eigenvalue weighted by Crippen LogP contribution is -2.42. The maximum atomic E-state index is 11.9. The summed E-state index contributed by atoms with van der Waals surface area (Å²) >= 11 is 0. The molecule has 13 rings (SSSR count). The highest BCUT2D eigenvalue weighted by atomic mass is 16.5. The number of benzene rings is 11. The normalized spacial score (nSPS) is 14.8. The summed E-state index contributed by atoms with van der Waals surface area (Å²) in [5.74, 6) is 5.33. The highest BCUT2D eigenvalue weighted by Gasteiger charge is 2.47. The first-order valence-electron chi connectivity index (χ1n) is 52.9. The predicted octanol–water partition coefficient (Wildman–Crippen LogP) is 33.8. The third kappa shape index (κ3) is 30.7. The minimum absolute atomic E-state index is 0.0489. The second-order valence-electron chi connectivity index (χ2n) is 44.7. The summed E-state index contributed by atoms with van der Waals surface area (Å²) in [6.07, 6.45) is 24.1. The van der Waals surface area contributed by atoms with E-state index in [9.17, 15) is 61.0 Å². The molecule has 0 saturated heterocycles. The molecule has 0 aliphatic carbocycles. The Morgan fingerprint density at radius 3 is 0.889 bits per heavy atom. The van der Waals surface area contributed by atoms with Crippen LogP contribution in [0.25, 0.3) is 0 Å². The third-order valence-corrected chi connectivity index (χ3v) is 29.6. The third-order valence-electron chi connectivity index (χ3n) is 29.6. The number of esters is 1. The molecule has 15 nitrogen and oxygen atoms in total. The van der Waals surface area contributed by atoms with Crippen molar-refractivity contribution in [2.24, 2.45) is 0 Å². The summed E-state index contributed by atoms with van der Waals surface area (Å²) in [5.41, 5.74) is 28.3. The molecule has 11 N–H and O–H groups in total. The summed E-state index contributed by atoms with van der Waals surface area (Å²) in [6.45, 7) is 65.3. The number of unbranched alkanes of at least 4 members (excludes halogenated alkanes) is 15. The van der Waals surface area contributed by atoms with E-state index in [0.717, 1.165) is 203 Å². The van der Waals surface area contributed by atoms with Crippen molar-refractivity contribution in [3.63, 3.8) is 0 Å². The van der Waals surface area contributed by atoms with Crippen molar-refractivity contribution in [3.8, 4) is 74.7 Å². The van der Waals surface area contributed by atoms with Crippen molar-refractivity contribution in [3.05, 3.63) is 306 Å². The molecular weight excluding hydrogens is 1790 g/mol. The summed E-state index contributed by atoms with van der Waals surface area (Å²) in [7, 11) is 0. The molecule has 2 unspecified atom stereocenters. The number of carbonyl (C=O) groups excluding carboxylic acids is 1. The van der Waals surface area contributed by atoms with E-state index in [2.05, 4.69) is 96.9 Å². The Balaban J connectivity index is 0.000000212. The molecule has 11 aromatic carbocycles. The van der Waals surface area contributed by atoms with Gasteiger partial charge in [-0.05, 0) is 300 Å². The number of fused-ring (bicyclic) bond motifs is 2. The number of hydrogen-bond acceptors (Lipinski definition) is 15. The monoisotopic (exact) mass is 1970 g/mol. The van der Waals surface area contributed by atoms with Crippen LogP contribution in [0, 0.1) is 125 Å². The van der Waals surface area contributed by atoms with Gasteiger partial charge < -0.3 is 70.4 Å². The van der Waals surface area contributed by atoms with E-state index in [1.54, 1.807) is 0 Å². The molecule has 2 aliphatic rings. The van der Waals surface area contributed by atoms with Gasteiger partial charge in [0.15, 0.2) is 0 Å². The first-order chi connectivity index (χ1) is 67.3. The molecule has 15 heteroatoms. The maximum absolute atomic E-state index is 11.9. The minimum atomic E-state index is -0.623. The van der Waals surface area contributed by atoms with E-state index in [1.807, 2.05) is 258 Å². The fraction of sp³-hybridized carbons (Fsp3) is 0.481. The van der Waals surface area contributed by atoms with Crippen molar-refractivity contribution in [2.75, 3.05) is 6.61 Å². The van der Waals surface area contributed by atoms with Gasteiger partial charge in [0.05, 0.1) is 6.61 Å². The quantitative estimate of drug-likeness (QED) is 0.0148. The SMILES string of the molecule is CCCCCCCCCCCCCCCCCCOC(=O)CCc1cc(C)c(O)c(C)c1.Cc1cc(C(C)C)c(O)c(C(C)c2cc(C)cc(C(C)C)c2O)c1.Cc1cc(C)c(O)c(C(C)c2cc(C)cc(C)c2O)c1.Cc1cc(C)c(O)c(C(C)c2cc(C)cc(C)c2O)c1.Cc1cc(O)c(C2(C)CC(C)(C)c3cc(O)c(C)cc3O2)cc1C.Cc1cc2c(cc1O)C(C)(C)CC(C)(c1cc(O)c(C)cc1C)O2. The molecule has 144 heavy (non-hydrogen) atoms.